The van der Waals surface area contributed by atoms with Crippen LogP contribution in [0.4, 0.5) is 0 Å². The van der Waals surface area contributed by atoms with Gasteiger partial charge in [-0.25, -0.2) is 4.79 Å². The summed E-state index contributed by atoms with van der Waals surface area (Å²) in [6, 6.07) is 0. The van der Waals surface area contributed by atoms with Gasteiger partial charge in [-0.1, -0.05) is 15.9 Å². The molecule has 0 atom stereocenters. The van der Waals surface area contributed by atoms with Gasteiger partial charge in [-0.2, -0.15) is 0 Å². The molecule has 8 heavy (non-hydrogen) atoms. The lowest BCUT2D eigenvalue weighted by Crippen LogP contribution is -2.16. The lowest BCUT2D eigenvalue weighted by Gasteiger charge is -2.12. The zero-order valence-corrected chi connectivity index (χ0v) is 8.42. The quantitative estimate of drug-likeness (QED) is 0.745. The number of rotatable bonds is 3. The van der Waals surface area contributed by atoms with Gasteiger partial charge < -0.3 is 4.74 Å². The van der Waals surface area contributed by atoms with Crippen LogP contribution in [-0.4, -0.2) is 15.2 Å². The molecule has 0 N–H and O–H groups in total. The predicted molar refractivity (Wildman–Crippen MR) is 41.2 cm³/mol. The number of hydrogen-bond acceptors (Lipinski definition) is 2. The van der Waals surface area contributed by atoms with Crippen LogP contribution in [0.15, 0.2) is 0 Å². The van der Waals surface area contributed by atoms with E-state index in [-0.39, 0.29) is 0 Å². The molecule has 0 aliphatic rings. The number of alkyl halides is 3. The number of halogens is 3. The van der Waals surface area contributed by atoms with E-state index in [4.69, 9.17) is 0 Å². The van der Waals surface area contributed by atoms with Gasteiger partial charge in [0.15, 0.2) is 0 Å². The molecule has 0 aromatic carbocycles. The van der Waals surface area contributed by atoms with E-state index >= 15 is 0 Å². The van der Waals surface area contributed by atoms with E-state index in [1.54, 1.807) is 0 Å². The van der Waals surface area contributed by atoms with Crippen molar-refractivity contribution in [1.29, 1.82) is 0 Å². The van der Waals surface area contributed by atoms with Crippen molar-refractivity contribution in [3.63, 3.8) is 0 Å². The SMILES string of the molecule is O=[C]OC(Br)(Br)CBr. The van der Waals surface area contributed by atoms with Crippen LogP contribution in [-0.2, 0) is 9.53 Å². The Bertz CT molecular complexity index is 82.6. The second-order valence-corrected chi connectivity index (χ2v) is 5.14. The Morgan fingerprint density at radius 2 is 2.12 bits per heavy atom. The van der Waals surface area contributed by atoms with E-state index in [9.17, 15) is 4.79 Å². The normalized spacial score (nSPS) is 10.9. The number of carbonyl (C=O) groups excluding carboxylic acids is 1. The van der Waals surface area contributed by atoms with Crippen LogP contribution in [0, 0.1) is 0 Å². The molecule has 5 heteroatoms. The van der Waals surface area contributed by atoms with Gasteiger partial charge in [-0.15, -0.1) is 0 Å². The molecule has 1 radical (unpaired) electrons. The first-order chi connectivity index (χ1) is 3.62. The summed E-state index contributed by atoms with van der Waals surface area (Å²) in [5.41, 5.74) is 0. The van der Waals surface area contributed by atoms with Crippen molar-refractivity contribution < 1.29 is 9.53 Å². The highest BCUT2D eigenvalue weighted by molar-refractivity contribution is 9.26. The molecule has 0 saturated heterocycles. The second kappa shape index (κ2) is 3.85. The van der Waals surface area contributed by atoms with Crippen molar-refractivity contribution in [2.75, 3.05) is 5.33 Å². The molecule has 0 aliphatic carbocycles. The van der Waals surface area contributed by atoms with Crippen molar-refractivity contribution in [3.05, 3.63) is 0 Å². The lowest BCUT2D eigenvalue weighted by molar-refractivity contribution is 0.258. The zero-order valence-electron chi connectivity index (χ0n) is 3.66. The maximum atomic E-state index is 9.55. The largest absolute Gasteiger partial charge is 0.428 e. The molecular formula is C3H2Br3O2. The van der Waals surface area contributed by atoms with Crippen molar-refractivity contribution in [2.45, 2.75) is 3.42 Å². The van der Waals surface area contributed by atoms with Crippen molar-refractivity contribution >= 4 is 54.3 Å². The summed E-state index contributed by atoms with van der Waals surface area (Å²) in [6.45, 7) is 1.29. The van der Waals surface area contributed by atoms with Crippen molar-refractivity contribution in [3.8, 4) is 0 Å². The summed E-state index contributed by atoms with van der Waals surface area (Å²) < 4.78 is 3.57. The van der Waals surface area contributed by atoms with Gasteiger partial charge in [-0.05, 0) is 31.9 Å². The molecule has 0 heterocycles. The van der Waals surface area contributed by atoms with Crippen LogP contribution >= 0.6 is 47.8 Å². The van der Waals surface area contributed by atoms with Crippen LogP contribution in [0.3, 0.4) is 0 Å². The van der Waals surface area contributed by atoms with Gasteiger partial charge in [0.05, 0.1) is 5.33 Å². The summed E-state index contributed by atoms with van der Waals surface area (Å²) in [7, 11) is 0. The average Bonchev–Trinajstić information content (AvgIpc) is 1.67. The average molecular weight is 310 g/mol. The van der Waals surface area contributed by atoms with Gasteiger partial charge in [0.1, 0.15) is 0 Å². The number of hydrogen-bond donors (Lipinski definition) is 0. The van der Waals surface area contributed by atoms with E-state index in [0.717, 1.165) is 0 Å². The minimum atomic E-state index is -0.790. The molecule has 0 rings (SSSR count). The molecule has 0 saturated carbocycles. The molecule has 0 amide bonds. The molecule has 0 bridgehead atoms. The summed E-state index contributed by atoms with van der Waals surface area (Å²) >= 11 is 9.13. The fourth-order valence-electron chi connectivity index (χ4n) is 0.0882. The Hall–Kier alpha value is 0.910. The molecule has 0 fully saturated rings. The topological polar surface area (TPSA) is 26.3 Å². The Morgan fingerprint density at radius 3 is 2.25 bits per heavy atom. The number of ether oxygens (including phenoxy) is 1. The smallest absolute Gasteiger partial charge is 0.419 e. The molecule has 0 aliphatic heterocycles. The third-order valence-corrected chi connectivity index (χ3v) is 3.53. The monoisotopic (exact) mass is 307 g/mol. The Kier molecular flexibility index (Phi) is 4.28. The minimum absolute atomic E-state index is 0.468. The molecule has 2 nitrogen and oxygen atoms in total. The minimum Gasteiger partial charge on any atom is -0.428 e. The van der Waals surface area contributed by atoms with Crippen LogP contribution in [0.1, 0.15) is 0 Å². The molecular weight excluding hydrogens is 308 g/mol. The maximum Gasteiger partial charge on any atom is 0.419 e. The van der Waals surface area contributed by atoms with E-state index < -0.39 is 3.42 Å². The summed E-state index contributed by atoms with van der Waals surface area (Å²) in [5.74, 6) is 0. The Morgan fingerprint density at radius 1 is 1.62 bits per heavy atom. The summed E-state index contributed by atoms with van der Waals surface area (Å²) in [4.78, 5) is 9.55. The summed E-state index contributed by atoms with van der Waals surface area (Å²) in [6.07, 6.45) is 0. The van der Waals surface area contributed by atoms with Crippen LogP contribution < -0.4 is 0 Å². The van der Waals surface area contributed by atoms with Crippen LogP contribution in [0.5, 0.6) is 0 Å². The molecule has 0 aromatic heterocycles. The third kappa shape index (κ3) is 3.86. The molecule has 47 valence electrons. The zero-order chi connectivity index (χ0) is 6.62. The molecule has 0 unspecified atom stereocenters. The Labute approximate surface area is 72.3 Å². The molecule has 0 aromatic rings. The maximum absolute atomic E-state index is 9.55. The first kappa shape index (κ1) is 8.91. The van der Waals surface area contributed by atoms with Gasteiger partial charge in [0, 0.05) is 0 Å². The van der Waals surface area contributed by atoms with Gasteiger partial charge in [0.2, 0.25) is 3.42 Å². The van der Waals surface area contributed by atoms with Crippen molar-refractivity contribution in [1.82, 2.24) is 0 Å². The lowest BCUT2D eigenvalue weighted by atomic mass is 10.9. The summed E-state index contributed by atoms with van der Waals surface area (Å²) in [5, 5.41) is 0.468. The van der Waals surface area contributed by atoms with Gasteiger partial charge in [0.25, 0.3) is 0 Å². The fourth-order valence-corrected chi connectivity index (χ4v) is 0.335. The fraction of sp³-hybridized carbons (Fsp3) is 0.667. The highest BCUT2D eigenvalue weighted by Crippen LogP contribution is 2.28. The molecule has 0 spiro atoms. The van der Waals surface area contributed by atoms with E-state index in [2.05, 4.69) is 52.5 Å². The van der Waals surface area contributed by atoms with Crippen LogP contribution in [0.25, 0.3) is 0 Å². The second-order valence-electron chi connectivity index (χ2n) is 0.956. The van der Waals surface area contributed by atoms with Gasteiger partial charge >= 0.3 is 6.47 Å². The van der Waals surface area contributed by atoms with Crippen molar-refractivity contribution in [2.24, 2.45) is 0 Å². The first-order valence-electron chi connectivity index (χ1n) is 1.61. The highest BCUT2D eigenvalue weighted by atomic mass is 79.9. The standard InChI is InChI=1S/C3H2Br3O2/c4-1-3(5,6)8-2-7/h1H2. The van der Waals surface area contributed by atoms with Gasteiger partial charge in [-0.3, -0.25) is 0 Å². The third-order valence-electron chi connectivity index (χ3n) is 0.347. The Balaban J connectivity index is 3.53. The van der Waals surface area contributed by atoms with Crippen LogP contribution in [0.2, 0.25) is 0 Å². The first-order valence-corrected chi connectivity index (χ1v) is 4.32. The van der Waals surface area contributed by atoms with E-state index in [0.29, 0.717) is 5.33 Å². The predicted octanol–water partition coefficient (Wildman–Crippen LogP) is 1.91. The van der Waals surface area contributed by atoms with E-state index in [1.807, 2.05) is 0 Å². The highest BCUT2D eigenvalue weighted by Gasteiger charge is 2.21. The van der Waals surface area contributed by atoms with E-state index in [1.165, 1.54) is 6.47 Å².